The highest BCUT2D eigenvalue weighted by molar-refractivity contribution is 5.89. The van der Waals surface area contributed by atoms with E-state index in [1.165, 1.54) is 20.3 Å². The number of carbonyl (C=O) groups excluding carboxylic acids is 1. The van der Waals surface area contributed by atoms with Gasteiger partial charge in [0.1, 0.15) is 11.5 Å². The summed E-state index contributed by atoms with van der Waals surface area (Å²) in [5, 5.41) is 5.61. The number of ether oxygens (including phenoxy) is 2. The number of halogens is 2. The lowest BCUT2D eigenvalue weighted by molar-refractivity contribution is 0.250. The van der Waals surface area contributed by atoms with Crippen LogP contribution in [0.2, 0.25) is 0 Å². The van der Waals surface area contributed by atoms with E-state index in [0.29, 0.717) is 36.0 Å². The number of benzene rings is 2. The molecule has 6 nitrogen and oxygen atoms in total. The van der Waals surface area contributed by atoms with Crippen molar-refractivity contribution in [2.24, 2.45) is 5.92 Å². The van der Waals surface area contributed by atoms with E-state index in [1.807, 2.05) is 4.90 Å². The standard InChI is InChI=1S/C20H23F2N3O3/c1-27-16-7-14(8-17(10-16)28-2)24-20(26)23-11-13-5-6-25(12-13)15-3-4-18(21)19(22)9-15/h3-4,7-10,13H,5-6,11-12H2,1-2H3,(H2,23,24,26). The maximum absolute atomic E-state index is 13.4. The van der Waals surface area contributed by atoms with Crippen molar-refractivity contribution in [2.45, 2.75) is 6.42 Å². The molecule has 1 unspecified atom stereocenters. The molecule has 2 aromatic carbocycles. The van der Waals surface area contributed by atoms with E-state index in [4.69, 9.17) is 9.47 Å². The number of urea groups is 1. The monoisotopic (exact) mass is 391 g/mol. The molecule has 8 heteroatoms. The van der Waals surface area contributed by atoms with Gasteiger partial charge in [-0.15, -0.1) is 0 Å². The highest BCUT2D eigenvalue weighted by Crippen LogP contribution is 2.26. The molecular weight excluding hydrogens is 368 g/mol. The lowest BCUT2D eigenvalue weighted by Gasteiger charge is -2.19. The molecule has 0 spiro atoms. The van der Waals surface area contributed by atoms with Gasteiger partial charge in [-0.2, -0.15) is 0 Å². The Morgan fingerprint density at radius 2 is 1.82 bits per heavy atom. The van der Waals surface area contributed by atoms with Crippen LogP contribution < -0.4 is 25.0 Å². The van der Waals surface area contributed by atoms with Crippen LogP contribution >= 0.6 is 0 Å². The van der Waals surface area contributed by atoms with Gasteiger partial charge in [0.05, 0.1) is 14.2 Å². The predicted molar refractivity (Wildman–Crippen MR) is 103 cm³/mol. The first-order valence-electron chi connectivity index (χ1n) is 8.96. The topological polar surface area (TPSA) is 62.8 Å². The Morgan fingerprint density at radius 1 is 1.11 bits per heavy atom. The second kappa shape index (κ2) is 8.77. The molecule has 2 N–H and O–H groups in total. The highest BCUT2D eigenvalue weighted by Gasteiger charge is 2.23. The summed E-state index contributed by atoms with van der Waals surface area (Å²) in [6.45, 7) is 1.87. The van der Waals surface area contributed by atoms with Crippen LogP contribution in [0.25, 0.3) is 0 Å². The molecule has 1 atom stereocenters. The van der Waals surface area contributed by atoms with Gasteiger partial charge in [-0.05, 0) is 24.5 Å². The summed E-state index contributed by atoms with van der Waals surface area (Å²) in [7, 11) is 3.08. The van der Waals surface area contributed by atoms with Crippen molar-refractivity contribution in [3.05, 3.63) is 48.0 Å². The molecule has 3 rings (SSSR count). The number of nitrogens with one attached hydrogen (secondary N) is 2. The molecule has 0 aliphatic carbocycles. The van der Waals surface area contributed by atoms with Crippen LogP contribution in [0.5, 0.6) is 11.5 Å². The van der Waals surface area contributed by atoms with Crippen LogP contribution in [0.4, 0.5) is 25.0 Å². The third-order valence-electron chi connectivity index (χ3n) is 4.71. The van der Waals surface area contributed by atoms with Crippen molar-refractivity contribution < 1.29 is 23.0 Å². The van der Waals surface area contributed by atoms with E-state index >= 15 is 0 Å². The van der Waals surface area contributed by atoms with Crippen molar-refractivity contribution in [3.63, 3.8) is 0 Å². The fraction of sp³-hybridized carbons (Fsp3) is 0.350. The minimum absolute atomic E-state index is 0.221. The van der Waals surface area contributed by atoms with Gasteiger partial charge in [0.2, 0.25) is 0 Å². The molecule has 1 fully saturated rings. The zero-order valence-corrected chi connectivity index (χ0v) is 15.8. The Kier molecular flexibility index (Phi) is 6.18. The number of anilines is 2. The average molecular weight is 391 g/mol. The van der Waals surface area contributed by atoms with E-state index in [-0.39, 0.29) is 11.9 Å². The number of rotatable bonds is 6. The third-order valence-corrected chi connectivity index (χ3v) is 4.71. The van der Waals surface area contributed by atoms with Crippen LogP contribution in [0.15, 0.2) is 36.4 Å². The molecule has 0 aromatic heterocycles. The van der Waals surface area contributed by atoms with Crippen LogP contribution in [0.3, 0.4) is 0 Å². The first-order valence-corrected chi connectivity index (χ1v) is 8.96. The third kappa shape index (κ3) is 4.82. The Labute approximate surface area is 162 Å². The molecule has 28 heavy (non-hydrogen) atoms. The molecule has 0 bridgehead atoms. The van der Waals surface area contributed by atoms with E-state index in [2.05, 4.69) is 10.6 Å². The Hall–Kier alpha value is -3.03. The second-order valence-electron chi connectivity index (χ2n) is 6.64. The number of nitrogens with zero attached hydrogens (tertiary/aromatic N) is 1. The van der Waals surface area contributed by atoms with E-state index < -0.39 is 11.6 Å². The van der Waals surface area contributed by atoms with Crippen molar-refractivity contribution >= 4 is 17.4 Å². The van der Waals surface area contributed by atoms with Crippen LogP contribution in [-0.4, -0.2) is 39.9 Å². The van der Waals surface area contributed by atoms with Crippen molar-refractivity contribution in [3.8, 4) is 11.5 Å². The van der Waals surface area contributed by atoms with Crippen LogP contribution in [0.1, 0.15) is 6.42 Å². The molecular formula is C20H23F2N3O3. The minimum atomic E-state index is -0.855. The highest BCUT2D eigenvalue weighted by atomic mass is 19.2. The van der Waals surface area contributed by atoms with Gasteiger partial charge in [0.15, 0.2) is 11.6 Å². The average Bonchev–Trinajstić information content (AvgIpc) is 3.17. The molecule has 1 saturated heterocycles. The van der Waals surface area contributed by atoms with Gasteiger partial charge in [0, 0.05) is 55.3 Å². The summed E-state index contributed by atoms with van der Waals surface area (Å²) < 4.78 is 36.9. The largest absolute Gasteiger partial charge is 0.497 e. The maximum Gasteiger partial charge on any atom is 0.319 e. The fourth-order valence-electron chi connectivity index (χ4n) is 3.21. The Bertz CT molecular complexity index is 825. The number of hydrogen-bond acceptors (Lipinski definition) is 4. The molecule has 0 radical (unpaired) electrons. The zero-order valence-electron chi connectivity index (χ0n) is 15.8. The van der Waals surface area contributed by atoms with Crippen LogP contribution in [-0.2, 0) is 0 Å². The van der Waals surface area contributed by atoms with Gasteiger partial charge in [-0.25, -0.2) is 13.6 Å². The molecule has 1 heterocycles. The summed E-state index contributed by atoms with van der Waals surface area (Å²) in [4.78, 5) is 14.2. The second-order valence-corrected chi connectivity index (χ2v) is 6.64. The van der Waals surface area contributed by atoms with Crippen LogP contribution in [0, 0.1) is 17.6 Å². The SMILES string of the molecule is COc1cc(NC(=O)NCC2CCN(c3ccc(F)c(F)c3)C2)cc(OC)c1. The first kappa shape index (κ1) is 19.7. The summed E-state index contributed by atoms with van der Waals surface area (Å²) >= 11 is 0. The minimum Gasteiger partial charge on any atom is -0.497 e. The predicted octanol–water partition coefficient (Wildman–Crippen LogP) is 3.63. The number of methoxy groups -OCH3 is 2. The first-order chi connectivity index (χ1) is 13.5. The lowest BCUT2D eigenvalue weighted by Crippen LogP contribution is -2.34. The molecule has 1 aliphatic rings. The maximum atomic E-state index is 13.4. The smallest absolute Gasteiger partial charge is 0.319 e. The van der Waals surface area contributed by atoms with Crippen molar-refractivity contribution in [1.82, 2.24) is 5.32 Å². The van der Waals surface area contributed by atoms with Gasteiger partial charge in [-0.1, -0.05) is 0 Å². The fourth-order valence-corrected chi connectivity index (χ4v) is 3.21. The summed E-state index contributed by atoms with van der Waals surface area (Å²) in [6, 6.07) is 8.68. The molecule has 0 saturated carbocycles. The number of carbonyl (C=O) groups is 1. The Morgan fingerprint density at radius 3 is 2.46 bits per heavy atom. The molecule has 2 amide bonds. The van der Waals surface area contributed by atoms with E-state index in [9.17, 15) is 13.6 Å². The normalized spacial score (nSPS) is 16.0. The summed E-state index contributed by atoms with van der Waals surface area (Å²) in [5.41, 5.74) is 1.21. The number of hydrogen-bond donors (Lipinski definition) is 2. The number of amides is 2. The summed E-state index contributed by atoms with van der Waals surface area (Å²) in [5.74, 6) is -0.335. The van der Waals surface area contributed by atoms with Crippen molar-refractivity contribution in [1.29, 1.82) is 0 Å². The van der Waals surface area contributed by atoms with Crippen molar-refractivity contribution in [2.75, 3.05) is 44.1 Å². The zero-order chi connectivity index (χ0) is 20.1. The Balaban J connectivity index is 1.51. The molecule has 1 aliphatic heterocycles. The van der Waals surface area contributed by atoms with E-state index in [1.54, 1.807) is 24.3 Å². The van der Waals surface area contributed by atoms with Gasteiger partial charge in [-0.3, -0.25) is 0 Å². The van der Waals surface area contributed by atoms with Gasteiger partial charge >= 0.3 is 6.03 Å². The van der Waals surface area contributed by atoms with E-state index in [0.717, 1.165) is 19.0 Å². The summed E-state index contributed by atoms with van der Waals surface area (Å²) in [6.07, 6.45) is 0.853. The lowest BCUT2D eigenvalue weighted by atomic mass is 10.1. The van der Waals surface area contributed by atoms with Gasteiger partial charge in [0.25, 0.3) is 0 Å². The molecule has 2 aromatic rings. The van der Waals surface area contributed by atoms with Gasteiger partial charge < -0.3 is 25.0 Å². The quantitative estimate of drug-likeness (QED) is 0.789. The molecule has 150 valence electrons.